The van der Waals surface area contributed by atoms with Crippen LogP contribution in [-0.4, -0.2) is 44.3 Å². The van der Waals surface area contributed by atoms with Crippen LogP contribution in [0.3, 0.4) is 0 Å². The molecule has 78 valence electrons. The van der Waals surface area contributed by atoms with Crippen LogP contribution in [-0.2, 0) is 7.05 Å². The number of nitrogens with zero attached hydrogens (tertiary/aromatic N) is 2. The lowest BCUT2D eigenvalue weighted by atomic mass is 10.3. The van der Waals surface area contributed by atoms with Gasteiger partial charge in [0.15, 0.2) is 5.16 Å². The predicted molar refractivity (Wildman–Crippen MR) is 52.4 cm³/mol. The Morgan fingerprint density at radius 2 is 2.43 bits per heavy atom. The van der Waals surface area contributed by atoms with Gasteiger partial charge in [-0.1, -0.05) is 11.8 Å². The van der Waals surface area contributed by atoms with Gasteiger partial charge in [0.2, 0.25) is 0 Å². The summed E-state index contributed by atoms with van der Waals surface area (Å²) in [6.07, 6.45) is -0.369. The molecule has 3 N–H and O–H groups in total. The van der Waals surface area contributed by atoms with E-state index in [1.54, 1.807) is 7.05 Å². The minimum absolute atomic E-state index is 0.0731. The van der Waals surface area contributed by atoms with Gasteiger partial charge in [-0.15, -0.1) is 5.10 Å². The molecule has 0 unspecified atom stereocenters. The van der Waals surface area contributed by atoms with Crippen LogP contribution in [0.1, 0.15) is 0 Å². The van der Waals surface area contributed by atoms with Crippen molar-refractivity contribution in [3.8, 4) is 0 Å². The summed E-state index contributed by atoms with van der Waals surface area (Å²) in [5.41, 5.74) is -0.229. The summed E-state index contributed by atoms with van der Waals surface area (Å²) >= 11 is 1.41. The third-order valence-electron chi connectivity index (χ3n) is 2.22. The van der Waals surface area contributed by atoms with Crippen LogP contribution in [0.2, 0.25) is 0 Å². The minimum atomic E-state index is -0.369. The Balaban J connectivity index is 2.10. The van der Waals surface area contributed by atoms with Crippen LogP contribution in [0.25, 0.3) is 0 Å². The second-order valence-corrected chi connectivity index (χ2v) is 4.46. The number of nitrogens with one attached hydrogen (secondary N) is 2. The van der Waals surface area contributed by atoms with Gasteiger partial charge in [0.05, 0.1) is 11.4 Å². The number of aromatic nitrogens is 3. The number of rotatable bonds is 2. The van der Waals surface area contributed by atoms with E-state index in [-0.39, 0.29) is 17.0 Å². The lowest BCUT2D eigenvalue weighted by Gasteiger charge is -2.10. The van der Waals surface area contributed by atoms with E-state index >= 15 is 0 Å². The molecule has 14 heavy (non-hydrogen) atoms. The summed E-state index contributed by atoms with van der Waals surface area (Å²) in [6, 6.07) is 0. The maximum atomic E-state index is 11.0. The summed E-state index contributed by atoms with van der Waals surface area (Å²) in [5.74, 6) is 0. The van der Waals surface area contributed by atoms with Crippen molar-refractivity contribution in [2.45, 2.75) is 16.5 Å². The normalized spacial score (nSPS) is 27.0. The summed E-state index contributed by atoms with van der Waals surface area (Å²) in [7, 11) is 1.66. The molecule has 1 aliphatic rings. The summed E-state index contributed by atoms with van der Waals surface area (Å²) in [6.45, 7) is 1.35. The van der Waals surface area contributed by atoms with Crippen LogP contribution < -0.4 is 11.0 Å². The fraction of sp³-hybridized carbons (Fsp3) is 0.714. The molecule has 6 nitrogen and oxygen atoms in total. The average molecular weight is 216 g/mol. The zero-order valence-electron chi connectivity index (χ0n) is 7.73. The molecule has 0 radical (unpaired) electrons. The Kier molecular flexibility index (Phi) is 2.62. The van der Waals surface area contributed by atoms with E-state index in [1.807, 2.05) is 0 Å². The first-order valence-corrected chi connectivity index (χ1v) is 5.23. The molecule has 0 aliphatic carbocycles. The SMILES string of the molecule is Cn1c(S[C@@H]2CNC[C@H]2O)n[nH]c1=O. The summed E-state index contributed by atoms with van der Waals surface area (Å²) in [5, 5.41) is 19.5. The molecule has 2 rings (SSSR count). The maximum Gasteiger partial charge on any atom is 0.343 e. The second-order valence-electron chi connectivity index (χ2n) is 3.25. The van der Waals surface area contributed by atoms with E-state index in [0.29, 0.717) is 11.7 Å². The first-order valence-electron chi connectivity index (χ1n) is 4.35. The lowest BCUT2D eigenvalue weighted by Crippen LogP contribution is -2.21. The molecule has 7 heteroatoms. The second kappa shape index (κ2) is 3.76. The molecule has 0 saturated carbocycles. The molecule has 0 amide bonds. The third kappa shape index (κ3) is 1.70. The number of aromatic amines is 1. The summed E-state index contributed by atoms with van der Waals surface area (Å²) < 4.78 is 1.44. The monoisotopic (exact) mass is 216 g/mol. The Morgan fingerprint density at radius 3 is 2.93 bits per heavy atom. The molecule has 0 spiro atoms. The van der Waals surface area contributed by atoms with E-state index in [2.05, 4.69) is 15.5 Å². The highest BCUT2D eigenvalue weighted by Gasteiger charge is 2.27. The zero-order valence-corrected chi connectivity index (χ0v) is 8.54. The highest BCUT2D eigenvalue weighted by Crippen LogP contribution is 2.23. The smallest absolute Gasteiger partial charge is 0.343 e. The van der Waals surface area contributed by atoms with Gasteiger partial charge in [0, 0.05) is 20.1 Å². The van der Waals surface area contributed by atoms with Crippen molar-refractivity contribution in [2.75, 3.05) is 13.1 Å². The van der Waals surface area contributed by atoms with Gasteiger partial charge in [-0.3, -0.25) is 4.57 Å². The standard InChI is InChI=1S/C7H12N4O2S/c1-11-6(13)9-10-7(11)14-5-3-8-2-4(5)12/h4-5,8,12H,2-3H2,1H3,(H,9,13)/t4-,5-/m1/s1. The number of thioether (sulfide) groups is 1. The van der Waals surface area contributed by atoms with E-state index in [1.165, 1.54) is 16.3 Å². The first-order chi connectivity index (χ1) is 6.68. The van der Waals surface area contributed by atoms with Crippen molar-refractivity contribution < 1.29 is 5.11 Å². The van der Waals surface area contributed by atoms with E-state index in [9.17, 15) is 9.90 Å². The molecular formula is C7H12N4O2S. The number of aliphatic hydroxyl groups is 1. The molecule has 1 aliphatic heterocycles. The van der Waals surface area contributed by atoms with Crippen LogP contribution in [0, 0.1) is 0 Å². The largest absolute Gasteiger partial charge is 0.391 e. The fourth-order valence-corrected chi connectivity index (χ4v) is 2.40. The highest BCUT2D eigenvalue weighted by atomic mass is 32.2. The number of hydrogen-bond donors (Lipinski definition) is 3. The van der Waals surface area contributed by atoms with Crippen molar-refractivity contribution in [3.63, 3.8) is 0 Å². The molecule has 0 bridgehead atoms. The minimum Gasteiger partial charge on any atom is -0.391 e. The molecule has 2 heterocycles. The lowest BCUT2D eigenvalue weighted by molar-refractivity contribution is 0.201. The van der Waals surface area contributed by atoms with Crippen molar-refractivity contribution in [1.29, 1.82) is 0 Å². The molecular weight excluding hydrogens is 204 g/mol. The molecule has 1 aromatic heterocycles. The Bertz CT molecular complexity index is 374. The Hall–Kier alpha value is -0.790. The molecule has 0 aromatic carbocycles. The molecule has 2 atom stereocenters. The Morgan fingerprint density at radius 1 is 1.64 bits per heavy atom. The predicted octanol–water partition coefficient (Wildman–Crippen LogP) is -1.47. The van der Waals surface area contributed by atoms with Crippen molar-refractivity contribution in [3.05, 3.63) is 10.5 Å². The average Bonchev–Trinajstić information content (AvgIpc) is 2.68. The fourth-order valence-electron chi connectivity index (χ4n) is 1.33. The van der Waals surface area contributed by atoms with Crippen molar-refractivity contribution >= 4 is 11.8 Å². The van der Waals surface area contributed by atoms with E-state index in [4.69, 9.17) is 0 Å². The molecule has 1 fully saturated rings. The summed E-state index contributed by atoms with van der Waals surface area (Å²) in [4.78, 5) is 11.0. The Labute approximate surface area is 84.7 Å². The third-order valence-corrected chi connectivity index (χ3v) is 3.58. The van der Waals surface area contributed by atoms with E-state index in [0.717, 1.165) is 6.54 Å². The zero-order chi connectivity index (χ0) is 10.1. The number of aliphatic hydroxyl groups excluding tert-OH is 1. The van der Waals surface area contributed by atoms with Gasteiger partial charge in [0.25, 0.3) is 0 Å². The van der Waals surface area contributed by atoms with Gasteiger partial charge in [-0.05, 0) is 0 Å². The number of H-pyrrole nitrogens is 1. The topological polar surface area (TPSA) is 82.9 Å². The maximum absolute atomic E-state index is 11.0. The van der Waals surface area contributed by atoms with E-state index < -0.39 is 0 Å². The van der Waals surface area contributed by atoms with Gasteiger partial charge in [-0.2, -0.15) is 0 Å². The highest BCUT2D eigenvalue weighted by molar-refractivity contribution is 7.99. The van der Waals surface area contributed by atoms with Gasteiger partial charge in [-0.25, -0.2) is 9.89 Å². The van der Waals surface area contributed by atoms with Crippen molar-refractivity contribution in [1.82, 2.24) is 20.1 Å². The van der Waals surface area contributed by atoms with Crippen LogP contribution in [0.5, 0.6) is 0 Å². The first kappa shape index (κ1) is 9.75. The van der Waals surface area contributed by atoms with Gasteiger partial charge in [0.1, 0.15) is 0 Å². The van der Waals surface area contributed by atoms with Crippen LogP contribution >= 0.6 is 11.8 Å². The molecule has 1 saturated heterocycles. The van der Waals surface area contributed by atoms with Gasteiger partial charge >= 0.3 is 5.69 Å². The number of hydrogen-bond acceptors (Lipinski definition) is 5. The molecule has 1 aromatic rings. The van der Waals surface area contributed by atoms with Crippen molar-refractivity contribution in [2.24, 2.45) is 7.05 Å². The quantitative estimate of drug-likeness (QED) is 0.562. The van der Waals surface area contributed by atoms with Gasteiger partial charge < -0.3 is 10.4 Å². The van der Waals surface area contributed by atoms with Crippen LogP contribution in [0.15, 0.2) is 9.95 Å². The van der Waals surface area contributed by atoms with Crippen LogP contribution in [0.4, 0.5) is 0 Å². The number of β-amino-alcohol motifs (C(OH)–C–C–N with tert-alkyl or cyclic N) is 1.